The smallest absolute Gasteiger partial charge is 0.319 e. The Kier molecular flexibility index (Phi) is 7.03. The number of nitrogens with zero attached hydrogens (tertiary/aromatic N) is 5. The van der Waals surface area contributed by atoms with Crippen molar-refractivity contribution < 1.29 is 18.6 Å². The Morgan fingerprint density at radius 3 is 2.51 bits per heavy atom. The fourth-order valence-electron chi connectivity index (χ4n) is 4.65. The molecule has 5 rings (SSSR count). The van der Waals surface area contributed by atoms with Crippen LogP contribution in [0.5, 0.6) is 11.8 Å². The zero-order valence-electron chi connectivity index (χ0n) is 20.3. The maximum Gasteiger partial charge on any atom is 0.319 e. The van der Waals surface area contributed by atoms with Gasteiger partial charge in [-0.05, 0) is 38.1 Å². The molecule has 0 amide bonds. The van der Waals surface area contributed by atoms with Crippen molar-refractivity contribution in [3.63, 3.8) is 0 Å². The number of aromatic nitrogens is 4. The lowest BCUT2D eigenvalue weighted by atomic mass is 10.0. The fraction of sp³-hybridized carbons (Fsp3) is 0.308. The zero-order chi connectivity index (χ0) is 26.1. The molecule has 0 spiro atoms. The quantitative estimate of drug-likeness (QED) is 0.378. The van der Waals surface area contributed by atoms with Crippen LogP contribution in [0.15, 0.2) is 42.7 Å². The number of phenols is 1. The molecule has 0 aliphatic carbocycles. The average molecular weight is 527 g/mol. The van der Waals surface area contributed by atoms with Crippen molar-refractivity contribution in [3.8, 4) is 22.9 Å². The number of piperazine rings is 1. The van der Waals surface area contributed by atoms with Crippen LogP contribution in [-0.4, -0.2) is 56.8 Å². The molecule has 0 bridgehead atoms. The first kappa shape index (κ1) is 25.0. The largest absolute Gasteiger partial charge is 0.507 e. The summed E-state index contributed by atoms with van der Waals surface area (Å²) in [6.07, 6.45) is 3.67. The van der Waals surface area contributed by atoms with E-state index in [-0.39, 0.29) is 46.4 Å². The SMILES string of the molecule is C[C@@H]1CNC[C@H](C)N1c1nc(OCCc2ncccn2)nc2c(F)c(-c3c(O)cccc3F)c(Cl)cc12. The van der Waals surface area contributed by atoms with Gasteiger partial charge in [0, 0.05) is 54.9 Å². The molecule has 4 aromatic rings. The van der Waals surface area contributed by atoms with Gasteiger partial charge in [0.2, 0.25) is 0 Å². The van der Waals surface area contributed by atoms with Gasteiger partial charge in [-0.2, -0.15) is 9.97 Å². The van der Waals surface area contributed by atoms with Gasteiger partial charge in [-0.3, -0.25) is 0 Å². The molecule has 11 heteroatoms. The molecule has 0 saturated carbocycles. The predicted octanol–water partition coefficient (Wildman–Crippen LogP) is 4.53. The molecule has 2 atom stereocenters. The van der Waals surface area contributed by atoms with Gasteiger partial charge in [0.1, 0.15) is 28.7 Å². The number of nitrogens with one attached hydrogen (secondary N) is 1. The second-order valence-corrected chi connectivity index (χ2v) is 9.34. The topological polar surface area (TPSA) is 96.3 Å². The van der Waals surface area contributed by atoms with Crippen LogP contribution in [-0.2, 0) is 6.42 Å². The molecular weight excluding hydrogens is 502 g/mol. The molecule has 3 heterocycles. The minimum Gasteiger partial charge on any atom is -0.507 e. The summed E-state index contributed by atoms with van der Waals surface area (Å²) >= 11 is 6.51. The molecule has 1 saturated heterocycles. The highest BCUT2D eigenvalue weighted by Gasteiger charge is 2.30. The monoisotopic (exact) mass is 526 g/mol. The van der Waals surface area contributed by atoms with E-state index in [9.17, 15) is 9.50 Å². The predicted molar refractivity (Wildman–Crippen MR) is 137 cm³/mol. The van der Waals surface area contributed by atoms with E-state index < -0.39 is 17.4 Å². The second-order valence-electron chi connectivity index (χ2n) is 8.93. The number of rotatable bonds is 6. The minimum absolute atomic E-state index is 0.0320. The van der Waals surface area contributed by atoms with Crippen LogP contribution in [0.3, 0.4) is 0 Å². The van der Waals surface area contributed by atoms with E-state index in [1.807, 2.05) is 13.8 Å². The van der Waals surface area contributed by atoms with Crippen LogP contribution >= 0.6 is 11.6 Å². The molecule has 1 aliphatic rings. The van der Waals surface area contributed by atoms with E-state index in [1.165, 1.54) is 18.2 Å². The van der Waals surface area contributed by atoms with Crippen LogP contribution in [0.25, 0.3) is 22.0 Å². The van der Waals surface area contributed by atoms with Gasteiger partial charge in [-0.25, -0.2) is 18.7 Å². The Morgan fingerprint density at radius 2 is 1.81 bits per heavy atom. The lowest BCUT2D eigenvalue weighted by Crippen LogP contribution is -2.55. The molecule has 0 unspecified atom stereocenters. The van der Waals surface area contributed by atoms with Crippen LogP contribution in [0, 0.1) is 11.6 Å². The number of benzene rings is 2. The summed E-state index contributed by atoms with van der Waals surface area (Å²) in [5, 5.41) is 14.0. The third-order valence-electron chi connectivity index (χ3n) is 6.33. The molecule has 0 radical (unpaired) electrons. The summed E-state index contributed by atoms with van der Waals surface area (Å²) in [6.45, 7) is 5.64. The van der Waals surface area contributed by atoms with Gasteiger partial charge in [0.25, 0.3) is 0 Å². The lowest BCUT2D eigenvalue weighted by Gasteiger charge is -2.40. The average Bonchev–Trinajstić information content (AvgIpc) is 2.87. The Morgan fingerprint density at radius 1 is 1.08 bits per heavy atom. The van der Waals surface area contributed by atoms with Crippen molar-refractivity contribution >= 4 is 28.3 Å². The molecule has 37 heavy (non-hydrogen) atoms. The van der Waals surface area contributed by atoms with Crippen LogP contribution < -0.4 is 15.0 Å². The van der Waals surface area contributed by atoms with Crippen LogP contribution in [0.1, 0.15) is 19.7 Å². The maximum atomic E-state index is 16.1. The van der Waals surface area contributed by atoms with Crippen molar-refractivity contribution in [1.82, 2.24) is 25.3 Å². The number of hydrogen-bond donors (Lipinski definition) is 2. The molecule has 192 valence electrons. The van der Waals surface area contributed by atoms with Gasteiger partial charge in [0.05, 0.1) is 17.2 Å². The third-order valence-corrected chi connectivity index (χ3v) is 6.63. The first-order valence-corrected chi connectivity index (χ1v) is 12.3. The number of halogens is 3. The molecule has 1 fully saturated rings. The number of fused-ring (bicyclic) bond motifs is 1. The summed E-state index contributed by atoms with van der Waals surface area (Å²) in [6, 6.07) is 6.99. The number of aromatic hydroxyl groups is 1. The first-order chi connectivity index (χ1) is 17.8. The van der Waals surface area contributed by atoms with Crippen molar-refractivity contribution in [2.24, 2.45) is 0 Å². The maximum absolute atomic E-state index is 16.1. The lowest BCUT2D eigenvalue weighted by molar-refractivity contribution is 0.294. The number of phenolic OH excluding ortho intramolecular Hbond substituents is 1. The Bertz CT molecular complexity index is 1410. The van der Waals surface area contributed by atoms with E-state index in [0.29, 0.717) is 36.5 Å². The van der Waals surface area contributed by atoms with Crippen molar-refractivity contribution in [2.45, 2.75) is 32.4 Å². The van der Waals surface area contributed by atoms with Crippen LogP contribution in [0.2, 0.25) is 5.02 Å². The van der Waals surface area contributed by atoms with Gasteiger partial charge < -0.3 is 20.1 Å². The highest BCUT2D eigenvalue weighted by Crippen LogP contribution is 2.43. The first-order valence-electron chi connectivity index (χ1n) is 11.9. The van der Waals surface area contributed by atoms with E-state index in [1.54, 1.807) is 18.5 Å². The van der Waals surface area contributed by atoms with Crippen molar-refractivity contribution in [3.05, 3.63) is 65.2 Å². The Labute approximate surface area is 217 Å². The zero-order valence-corrected chi connectivity index (χ0v) is 21.0. The Hall–Kier alpha value is -3.63. The molecule has 2 N–H and O–H groups in total. The highest BCUT2D eigenvalue weighted by molar-refractivity contribution is 6.34. The molecule has 2 aromatic heterocycles. The summed E-state index contributed by atoms with van der Waals surface area (Å²) in [7, 11) is 0. The van der Waals surface area contributed by atoms with Crippen molar-refractivity contribution in [1.29, 1.82) is 0 Å². The van der Waals surface area contributed by atoms with Crippen molar-refractivity contribution in [2.75, 3.05) is 24.6 Å². The van der Waals surface area contributed by atoms with Gasteiger partial charge in [0.15, 0.2) is 5.82 Å². The summed E-state index contributed by atoms with van der Waals surface area (Å²) < 4.78 is 36.7. The van der Waals surface area contributed by atoms with Gasteiger partial charge >= 0.3 is 6.01 Å². The molecule has 1 aliphatic heterocycles. The van der Waals surface area contributed by atoms with Crippen LogP contribution in [0.4, 0.5) is 14.6 Å². The number of anilines is 1. The standard InChI is InChI=1S/C26H25ClF2N6O2/c1-14-12-30-13-15(2)35(14)25-16-11-17(27)21(22-18(28)5-3-6-19(22)36)23(29)24(16)33-26(34-25)37-10-7-20-31-8-4-9-32-20/h3-6,8-9,11,14-15,30,36H,7,10,12-13H2,1-2H3/t14-,15+. The summed E-state index contributed by atoms with van der Waals surface area (Å²) in [4.78, 5) is 19.4. The third kappa shape index (κ3) is 4.86. The number of ether oxygens (including phenoxy) is 1. The second kappa shape index (κ2) is 10.4. The number of hydrogen-bond acceptors (Lipinski definition) is 8. The van der Waals surface area contributed by atoms with Gasteiger partial charge in [-0.15, -0.1) is 0 Å². The van der Waals surface area contributed by atoms with E-state index in [4.69, 9.17) is 16.3 Å². The van der Waals surface area contributed by atoms with E-state index >= 15 is 4.39 Å². The minimum atomic E-state index is -0.877. The van der Waals surface area contributed by atoms with E-state index in [2.05, 4.69) is 30.2 Å². The molecule has 2 aromatic carbocycles. The summed E-state index contributed by atoms with van der Waals surface area (Å²) in [5.74, 6) is -1.07. The normalized spacial score (nSPS) is 17.8. The fourth-order valence-corrected chi connectivity index (χ4v) is 4.94. The molecular formula is C26H25ClF2N6O2. The highest BCUT2D eigenvalue weighted by atomic mass is 35.5. The Balaban J connectivity index is 1.65. The van der Waals surface area contributed by atoms with E-state index in [0.717, 1.165) is 6.07 Å². The van der Waals surface area contributed by atoms with Gasteiger partial charge in [-0.1, -0.05) is 17.7 Å². The summed E-state index contributed by atoms with van der Waals surface area (Å²) in [5.41, 5.74) is -0.699. The molecule has 8 nitrogen and oxygen atoms in total.